The lowest BCUT2D eigenvalue weighted by atomic mass is 9.97. The van der Waals surface area contributed by atoms with E-state index in [4.69, 9.17) is 0 Å². The van der Waals surface area contributed by atoms with Crippen molar-refractivity contribution in [2.75, 3.05) is 6.54 Å². The highest BCUT2D eigenvalue weighted by Gasteiger charge is 2.20. The largest absolute Gasteiger partial charge is 0.508 e. The van der Waals surface area contributed by atoms with E-state index >= 15 is 0 Å². The van der Waals surface area contributed by atoms with Crippen LogP contribution in [0.5, 0.6) is 5.75 Å². The van der Waals surface area contributed by atoms with E-state index in [2.05, 4.69) is 5.32 Å². The molecule has 0 fully saturated rings. The zero-order valence-corrected chi connectivity index (χ0v) is 10.6. The van der Waals surface area contributed by atoms with Gasteiger partial charge in [-0.3, -0.25) is 4.79 Å². The van der Waals surface area contributed by atoms with Crippen molar-refractivity contribution in [3.05, 3.63) is 29.3 Å². The molecule has 100 valence electrons. The molecule has 1 aromatic carbocycles. The van der Waals surface area contributed by atoms with Gasteiger partial charge in [-0.05, 0) is 36.6 Å². The molecule has 2 unspecified atom stereocenters. The van der Waals surface area contributed by atoms with Crippen LogP contribution in [-0.4, -0.2) is 33.9 Å². The van der Waals surface area contributed by atoms with Gasteiger partial charge in [-0.25, -0.2) is 0 Å². The number of nitrogens with one attached hydrogen (secondary N) is 1. The number of phenols is 1. The topological polar surface area (TPSA) is 89.8 Å². The molecule has 5 heteroatoms. The SMILES string of the molecule is CC(=O)NCCC(O)C(O)c1cc(O)ccc1C. The Morgan fingerprint density at radius 3 is 2.67 bits per heavy atom. The average molecular weight is 253 g/mol. The summed E-state index contributed by atoms with van der Waals surface area (Å²) in [6, 6.07) is 4.63. The van der Waals surface area contributed by atoms with E-state index in [0.717, 1.165) is 5.56 Å². The molecule has 2 atom stereocenters. The van der Waals surface area contributed by atoms with Crippen molar-refractivity contribution in [3.63, 3.8) is 0 Å². The minimum atomic E-state index is -1.08. The van der Waals surface area contributed by atoms with Crippen molar-refractivity contribution >= 4 is 5.91 Å². The first-order valence-corrected chi connectivity index (χ1v) is 5.82. The summed E-state index contributed by atoms with van der Waals surface area (Å²) in [4.78, 5) is 10.7. The molecule has 1 amide bonds. The Labute approximate surface area is 106 Å². The van der Waals surface area contributed by atoms with E-state index in [1.54, 1.807) is 13.0 Å². The second-order valence-electron chi connectivity index (χ2n) is 4.32. The third-order valence-corrected chi connectivity index (χ3v) is 2.76. The van der Waals surface area contributed by atoms with Crippen LogP contribution in [0.25, 0.3) is 0 Å². The molecule has 0 saturated carbocycles. The Balaban J connectivity index is 2.64. The predicted octanol–water partition coefficient (Wildman–Crippen LogP) is 0.621. The number of aliphatic hydroxyl groups excluding tert-OH is 2. The number of carbonyl (C=O) groups excluding carboxylic acids is 1. The molecule has 0 heterocycles. The molecule has 0 spiro atoms. The summed E-state index contributed by atoms with van der Waals surface area (Å²) in [5.41, 5.74) is 1.28. The number of hydrogen-bond acceptors (Lipinski definition) is 4. The molecule has 18 heavy (non-hydrogen) atoms. The fourth-order valence-electron chi connectivity index (χ4n) is 1.71. The molecule has 0 aromatic heterocycles. The maximum atomic E-state index is 10.7. The summed E-state index contributed by atoms with van der Waals surface area (Å²) < 4.78 is 0. The Kier molecular flexibility index (Phi) is 5.12. The van der Waals surface area contributed by atoms with Gasteiger partial charge in [-0.2, -0.15) is 0 Å². The van der Waals surface area contributed by atoms with Gasteiger partial charge in [0.1, 0.15) is 11.9 Å². The van der Waals surface area contributed by atoms with Crippen molar-refractivity contribution in [2.45, 2.75) is 32.5 Å². The zero-order valence-electron chi connectivity index (χ0n) is 10.6. The van der Waals surface area contributed by atoms with Crippen LogP contribution in [0.4, 0.5) is 0 Å². The lowest BCUT2D eigenvalue weighted by Crippen LogP contribution is -2.27. The van der Waals surface area contributed by atoms with Crippen molar-refractivity contribution in [2.24, 2.45) is 0 Å². The second kappa shape index (κ2) is 6.37. The van der Waals surface area contributed by atoms with Gasteiger partial charge >= 0.3 is 0 Å². The normalized spacial score (nSPS) is 14.0. The minimum Gasteiger partial charge on any atom is -0.508 e. The van der Waals surface area contributed by atoms with Crippen LogP contribution in [0.2, 0.25) is 0 Å². The number of aryl methyl sites for hydroxylation is 1. The van der Waals surface area contributed by atoms with Gasteiger partial charge in [0.25, 0.3) is 0 Å². The van der Waals surface area contributed by atoms with Crippen LogP contribution in [0, 0.1) is 6.92 Å². The molecule has 1 rings (SSSR count). The Bertz CT molecular complexity index is 419. The molecule has 0 aliphatic rings. The lowest BCUT2D eigenvalue weighted by molar-refractivity contribution is -0.119. The van der Waals surface area contributed by atoms with Gasteiger partial charge < -0.3 is 20.6 Å². The lowest BCUT2D eigenvalue weighted by Gasteiger charge is -2.20. The van der Waals surface area contributed by atoms with Gasteiger partial charge in [0.2, 0.25) is 5.91 Å². The van der Waals surface area contributed by atoms with Gasteiger partial charge in [-0.15, -0.1) is 0 Å². The van der Waals surface area contributed by atoms with Gasteiger partial charge in [0.05, 0.1) is 6.10 Å². The number of aromatic hydroxyl groups is 1. The van der Waals surface area contributed by atoms with E-state index < -0.39 is 12.2 Å². The number of benzene rings is 1. The highest BCUT2D eigenvalue weighted by molar-refractivity contribution is 5.72. The second-order valence-corrected chi connectivity index (χ2v) is 4.32. The highest BCUT2D eigenvalue weighted by atomic mass is 16.3. The quantitative estimate of drug-likeness (QED) is 0.619. The molecular weight excluding hydrogens is 234 g/mol. The van der Waals surface area contributed by atoms with Crippen molar-refractivity contribution in [1.29, 1.82) is 0 Å². The number of phenolic OH excluding ortho intramolecular Hbond substituents is 1. The molecule has 0 bridgehead atoms. The van der Waals surface area contributed by atoms with Gasteiger partial charge in [-0.1, -0.05) is 6.07 Å². The van der Waals surface area contributed by atoms with Gasteiger partial charge in [0, 0.05) is 13.5 Å². The summed E-state index contributed by atoms with van der Waals surface area (Å²) in [6.45, 7) is 3.48. The fourth-order valence-corrected chi connectivity index (χ4v) is 1.71. The van der Waals surface area contributed by atoms with Crippen molar-refractivity contribution in [1.82, 2.24) is 5.32 Å². The molecule has 4 N–H and O–H groups in total. The first-order valence-electron chi connectivity index (χ1n) is 5.82. The summed E-state index contributed by atoms with van der Waals surface area (Å²) >= 11 is 0. The molecule has 0 radical (unpaired) electrons. The van der Waals surface area contributed by atoms with Crippen molar-refractivity contribution < 1.29 is 20.1 Å². The maximum absolute atomic E-state index is 10.7. The molecule has 1 aromatic rings. The number of amides is 1. The number of rotatable bonds is 5. The third kappa shape index (κ3) is 4.01. The van der Waals surface area contributed by atoms with E-state index in [9.17, 15) is 20.1 Å². The average Bonchev–Trinajstić information content (AvgIpc) is 2.30. The molecule has 0 aliphatic carbocycles. The predicted molar refractivity (Wildman–Crippen MR) is 67.1 cm³/mol. The van der Waals surface area contributed by atoms with E-state index in [1.165, 1.54) is 19.1 Å². The zero-order chi connectivity index (χ0) is 13.7. The van der Waals surface area contributed by atoms with Crippen molar-refractivity contribution in [3.8, 4) is 5.75 Å². The Hall–Kier alpha value is -1.59. The monoisotopic (exact) mass is 253 g/mol. The number of aliphatic hydroxyl groups is 2. The van der Waals surface area contributed by atoms with E-state index in [-0.39, 0.29) is 18.1 Å². The smallest absolute Gasteiger partial charge is 0.216 e. The van der Waals surface area contributed by atoms with Gasteiger partial charge in [0.15, 0.2) is 0 Å². The molecule has 5 nitrogen and oxygen atoms in total. The number of carbonyl (C=O) groups is 1. The van der Waals surface area contributed by atoms with Crippen LogP contribution in [0.15, 0.2) is 18.2 Å². The summed E-state index contributed by atoms with van der Waals surface area (Å²) in [7, 11) is 0. The molecular formula is C13H19NO4. The fraction of sp³-hybridized carbons (Fsp3) is 0.462. The van der Waals surface area contributed by atoms with Crippen LogP contribution in [0.1, 0.15) is 30.6 Å². The van der Waals surface area contributed by atoms with E-state index in [0.29, 0.717) is 12.1 Å². The molecule has 0 saturated heterocycles. The summed E-state index contributed by atoms with van der Waals surface area (Å²) in [5.74, 6) is -0.131. The van der Waals surface area contributed by atoms with E-state index in [1.807, 2.05) is 0 Å². The number of hydrogen-bond donors (Lipinski definition) is 4. The summed E-state index contributed by atoms with van der Waals surface area (Å²) in [5, 5.41) is 31.7. The Morgan fingerprint density at radius 1 is 1.39 bits per heavy atom. The van der Waals surface area contributed by atoms with Crippen LogP contribution >= 0.6 is 0 Å². The maximum Gasteiger partial charge on any atom is 0.216 e. The standard InChI is InChI=1S/C13H19NO4/c1-8-3-4-10(16)7-11(8)13(18)12(17)5-6-14-9(2)15/h3-4,7,12-13,16-18H,5-6H2,1-2H3,(H,14,15). The van der Waals surface area contributed by atoms with Crippen LogP contribution < -0.4 is 5.32 Å². The third-order valence-electron chi connectivity index (χ3n) is 2.76. The summed E-state index contributed by atoms with van der Waals surface area (Å²) in [6.07, 6.45) is -1.82. The Morgan fingerprint density at radius 2 is 2.06 bits per heavy atom. The minimum absolute atomic E-state index is 0.0451. The first kappa shape index (κ1) is 14.5. The first-order chi connectivity index (χ1) is 8.41. The van der Waals surface area contributed by atoms with Crippen LogP contribution in [0.3, 0.4) is 0 Å². The van der Waals surface area contributed by atoms with Crippen LogP contribution in [-0.2, 0) is 4.79 Å². The molecule has 0 aliphatic heterocycles. The highest BCUT2D eigenvalue weighted by Crippen LogP contribution is 2.25.